The third-order valence-electron chi connectivity index (χ3n) is 3.70. The molecule has 0 bridgehead atoms. The first-order valence-electron chi connectivity index (χ1n) is 7.08. The summed E-state index contributed by atoms with van der Waals surface area (Å²) in [6.07, 6.45) is 0.438. The first-order chi connectivity index (χ1) is 9.74. The van der Waals surface area contributed by atoms with Crippen LogP contribution in [0.25, 0.3) is 0 Å². The molecule has 1 aliphatic heterocycles. The van der Waals surface area contributed by atoms with Gasteiger partial charge in [0.1, 0.15) is 13.2 Å². The molecule has 0 radical (unpaired) electrons. The smallest absolute Gasteiger partial charge is 0.309 e. The van der Waals surface area contributed by atoms with Gasteiger partial charge < -0.3 is 14.6 Å². The van der Waals surface area contributed by atoms with Crippen molar-refractivity contribution in [1.82, 2.24) is 0 Å². The number of halogens is 1. The Morgan fingerprint density at radius 2 is 2.00 bits per heavy atom. The Labute approximate surface area is 133 Å². The van der Waals surface area contributed by atoms with Crippen molar-refractivity contribution >= 4 is 21.9 Å². The van der Waals surface area contributed by atoms with Gasteiger partial charge in [-0.05, 0) is 37.8 Å². The Bertz CT molecular complexity index is 564. The van der Waals surface area contributed by atoms with Crippen LogP contribution in [0.3, 0.4) is 0 Å². The molecule has 0 aromatic heterocycles. The molecule has 116 valence electrons. The molecule has 1 aliphatic rings. The molecular weight excluding hydrogens is 336 g/mol. The highest BCUT2D eigenvalue weighted by atomic mass is 79.9. The number of carboxylic acids is 1. The molecule has 0 atom stereocenters. The zero-order chi connectivity index (χ0) is 15.8. The minimum absolute atomic E-state index is 0.220. The standard InChI is InChI=1S/C16H21BrO4/c1-9(2)13-10(8-16(3,4)15(18)19)11(17)7-12-14(13)21-6-5-20-12/h7,9H,5-6,8H2,1-4H3,(H,18,19). The minimum atomic E-state index is -0.837. The average molecular weight is 357 g/mol. The van der Waals surface area contributed by atoms with Gasteiger partial charge in [0.15, 0.2) is 11.5 Å². The number of benzene rings is 1. The Hall–Kier alpha value is -1.23. The second kappa shape index (κ2) is 5.87. The van der Waals surface area contributed by atoms with E-state index in [2.05, 4.69) is 29.8 Å². The summed E-state index contributed by atoms with van der Waals surface area (Å²) in [6.45, 7) is 8.70. The maximum Gasteiger partial charge on any atom is 0.309 e. The fourth-order valence-electron chi connectivity index (χ4n) is 2.53. The third-order valence-corrected chi connectivity index (χ3v) is 4.41. The van der Waals surface area contributed by atoms with Crippen LogP contribution in [-0.2, 0) is 11.2 Å². The van der Waals surface area contributed by atoms with E-state index in [0.29, 0.717) is 19.6 Å². The van der Waals surface area contributed by atoms with Gasteiger partial charge in [0.25, 0.3) is 0 Å². The molecule has 0 saturated heterocycles. The van der Waals surface area contributed by atoms with Gasteiger partial charge in [-0.3, -0.25) is 4.79 Å². The van der Waals surface area contributed by atoms with Gasteiger partial charge in [-0.2, -0.15) is 0 Å². The normalized spacial score (nSPS) is 14.4. The van der Waals surface area contributed by atoms with E-state index in [4.69, 9.17) is 9.47 Å². The molecule has 1 aromatic rings. The van der Waals surface area contributed by atoms with Crippen molar-refractivity contribution in [2.24, 2.45) is 5.41 Å². The molecule has 0 saturated carbocycles. The van der Waals surface area contributed by atoms with Crippen molar-refractivity contribution < 1.29 is 19.4 Å². The van der Waals surface area contributed by atoms with Crippen molar-refractivity contribution in [2.45, 2.75) is 40.0 Å². The van der Waals surface area contributed by atoms with E-state index in [-0.39, 0.29) is 5.92 Å². The summed E-state index contributed by atoms with van der Waals surface area (Å²) < 4.78 is 12.3. The summed E-state index contributed by atoms with van der Waals surface area (Å²) in [5, 5.41) is 9.39. The van der Waals surface area contributed by atoms with Crippen LogP contribution in [0.5, 0.6) is 11.5 Å². The van der Waals surface area contributed by atoms with Gasteiger partial charge in [0, 0.05) is 10.0 Å². The monoisotopic (exact) mass is 356 g/mol. The zero-order valence-corrected chi connectivity index (χ0v) is 14.4. The number of fused-ring (bicyclic) bond motifs is 1. The van der Waals surface area contributed by atoms with E-state index in [1.807, 2.05) is 6.07 Å². The van der Waals surface area contributed by atoms with E-state index in [1.165, 1.54) is 0 Å². The summed E-state index contributed by atoms with van der Waals surface area (Å²) in [6, 6.07) is 1.88. The molecule has 5 heteroatoms. The lowest BCUT2D eigenvalue weighted by Gasteiger charge is -2.28. The second-order valence-electron chi connectivity index (χ2n) is 6.30. The van der Waals surface area contributed by atoms with E-state index in [0.717, 1.165) is 27.1 Å². The van der Waals surface area contributed by atoms with Gasteiger partial charge in [0.2, 0.25) is 0 Å². The highest BCUT2D eigenvalue weighted by molar-refractivity contribution is 9.10. The first kappa shape index (κ1) is 16.1. The Kier molecular flexibility index (Phi) is 4.51. The summed E-state index contributed by atoms with van der Waals surface area (Å²) in [7, 11) is 0. The largest absolute Gasteiger partial charge is 0.486 e. The van der Waals surface area contributed by atoms with E-state index >= 15 is 0 Å². The number of carbonyl (C=O) groups is 1. The molecular formula is C16H21BrO4. The molecule has 0 aliphatic carbocycles. The van der Waals surface area contributed by atoms with Crippen molar-refractivity contribution in [1.29, 1.82) is 0 Å². The molecule has 4 nitrogen and oxygen atoms in total. The topological polar surface area (TPSA) is 55.8 Å². The summed E-state index contributed by atoms with van der Waals surface area (Å²) >= 11 is 3.57. The Balaban J connectivity index is 2.57. The lowest BCUT2D eigenvalue weighted by Crippen LogP contribution is -2.27. The Morgan fingerprint density at radius 3 is 2.57 bits per heavy atom. The molecule has 0 amide bonds. The maximum atomic E-state index is 11.4. The number of hydrogen-bond acceptors (Lipinski definition) is 3. The summed E-state index contributed by atoms with van der Waals surface area (Å²) in [5.41, 5.74) is 1.19. The second-order valence-corrected chi connectivity index (χ2v) is 7.15. The van der Waals surface area contributed by atoms with Crippen molar-refractivity contribution in [2.75, 3.05) is 13.2 Å². The van der Waals surface area contributed by atoms with Gasteiger partial charge in [-0.1, -0.05) is 29.8 Å². The fraction of sp³-hybridized carbons (Fsp3) is 0.562. The van der Waals surface area contributed by atoms with Crippen LogP contribution in [0.4, 0.5) is 0 Å². The SMILES string of the molecule is CC(C)c1c(CC(C)(C)C(=O)O)c(Br)cc2c1OCCO2. The number of ether oxygens (including phenoxy) is 2. The lowest BCUT2D eigenvalue weighted by molar-refractivity contribution is -0.146. The van der Waals surface area contributed by atoms with Gasteiger partial charge in [-0.15, -0.1) is 0 Å². The van der Waals surface area contributed by atoms with E-state index < -0.39 is 11.4 Å². The van der Waals surface area contributed by atoms with Crippen molar-refractivity contribution in [3.8, 4) is 11.5 Å². The Morgan fingerprint density at radius 1 is 1.38 bits per heavy atom. The molecule has 0 spiro atoms. The van der Waals surface area contributed by atoms with Gasteiger partial charge in [0.05, 0.1) is 5.41 Å². The molecule has 21 heavy (non-hydrogen) atoms. The maximum absolute atomic E-state index is 11.4. The van der Waals surface area contributed by atoms with Crippen LogP contribution < -0.4 is 9.47 Å². The molecule has 2 rings (SSSR count). The quantitative estimate of drug-likeness (QED) is 0.885. The van der Waals surface area contributed by atoms with Gasteiger partial charge >= 0.3 is 5.97 Å². The molecule has 1 N–H and O–H groups in total. The van der Waals surface area contributed by atoms with E-state index in [1.54, 1.807) is 13.8 Å². The molecule has 1 heterocycles. The molecule has 0 fully saturated rings. The fourth-order valence-corrected chi connectivity index (χ4v) is 3.09. The van der Waals surface area contributed by atoms with Crippen LogP contribution in [0.1, 0.15) is 44.7 Å². The predicted octanol–water partition coefficient (Wildman–Crippen LogP) is 4.00. The lowest BCUT2D eigenvalue weighted by atomic mass is 9.82. The zero-order valence-electron chi connectivity index (χ0n) is 12.8. The minimum Gasteiger partial charge on any atom is -0.486 e. The van der Waals surface area contributed by atoms with Crippen LogP contribution in [0, 0.1) is 5.41 Å². The van der Waals surface area contributed by atoms with Crippen LogP contribution in [-0.4, -0.2) is 24.3 Å². The van der Waals surface area contributed by atoms with Crippen LogP contribution in [0.15, 0.2) is 10.5 Å². The first-order valence-corrected chi connectivity index (χ1v) is 7.87. The van der Waals surface area contributed by atoms with E-state index in [9.17, 15) is 9.90 Å². The predicted molar refractivity (Wildman–Crippen MR) is 84.3 cm³/mol. The van der Waals surface area contributed by atoms with Crippen LogP contribution >= 0.6 is 15.9 Å². The highest BCUT2D eigenvalue weighted by Crippen LogP contribution is 2.45. The van der Waals surface area contributed by atoms with Gasteiger partial charge in [-0.25, -0.2) is 0 Å². The highest BCUT2D eigenvalue weighted by Gasteiger charge is 2.32. The van der Waals surface area contributed by atoms with Crippen molar-refractivity contribution in [3.05, 3.63) is 21.7 Å². The third kappa shape index (κ3) is 3.18. The average Bonchev–Trinajstić information content (AvgIpc) is 2.38. The number of hydrogen-bond donors (Lipinski definition) is 1. The summed E-state index contributed by atoms with van der Waals surface area (Å²) in [5.74, 6) is 0.904. The number of aliphatic carboxylic acids is 1. The van der Waals surface area contributed by atoms with Crippen molar-refractivity contribution in [3.63, 3.8) is 0 Å². The van der Waals surface area contributed by atoms with Crippen LogP contribution in [0.2, 0.25) is 0 Å². The molecule has 0 unspecified atom stereocenters. The summed E-state index contributed by atoms with van der Waals surface area (Å²) in [4.78, 5) is 11.4. The number of rotatable bonds is 4. The number of carboxylic acid groups (broad SMARTS) is 1. The molecule has 1 aromatic carbocycles.